The maximum Gasteiger partial charge on any atom is 0.258 e. The Morgan fingerprint density at radius 1 is 0.765 bits per heavy atom. The molecular formula is C26H18N4O2S2. The lowest BCUT2D eigenvalue weighted by Crippen LogP contribution is -2.20. The summed E-state index contributed by atoms with van der Waals surface area (Å²) in [6.45, 7) is 4.27. The van der Waals surface area contributed by atoms with E-state index in [-0.39, 0.29) is 11.8 Å². The minimum absolute atomic E-state index is 0.242. The molecule has 0 fully saturated rings. The Morgan fingerprint density at radius 3 is 2.21 bits per heavy atom. The highest BCUT2D eigenvalue weighted by atomic mass is 32.1. The molecule has 2 aliphatic heterocycles. The largest absolute Gasteiger partial charge is 0.361 e. The molecule has 0 saturated carbocycles. The average molecular weight is 483 g/mol. The fraction of sp³-hybridized carbons (Fsp3) is 0.0769. The fourth-order valence-corrected chi connectivity index (χ4v) is 6.74. The molecule has 2 amide bonds. The third-order valence-corrected chi connectivity index (χ3v) is 8.71. The molecule has 0 unspecified atom stereocenters. The Kier molecular flexibility index (Phi) is 3.92. The summed E-state index contributed by atoms with van der Waals surface area (Å²) in [5, 5.41) is 10.2. The Balaban J connectivity index is 1.34. The molecule has 0 aliphatic carbocycles. The molecule has 7 rings (SSSR count). The van der Waals surface area contributed by atoms with Gasteiger partial charge in [-0.2, -0.15) is 0 Å². The SMILES string of the molecule is Cc1c2cc(-c3ccc(C4=C5C(=O)NC(c6cccs6)=C5C(=O)N4)s3)[nH]c2c(C)c2cc[nH]c12. The first-order valence-electron chi connectivity index (χ1n) is 10.9. The third-order valence-electron chi connectivity index (χ3n) is 6.69. The Bertz CT molecular complexity index is 1700. The third kappa shape index (κ3) is 2.55. The lowest BCUT2D eigenvalue weighted by molar-refractivity contribution is -0.117. The monoisotopic (exact) mass is 482 g/mol. The van der Waals surface area contributed by atoms with Crippen molar-refractivity contribution in [3.05, 3.63) is 80.0 Å². The predicted octanol–water partition coefficient (Wildman–Crippen LogP) is 5.44. The van der Waals surface area contributed by atoms with E-state index in [0.717, 1.165) is 31.4 Å². The zero-order valence-corrected chi connectivity index (χ0v) is 19.9. The number of carbonyl (C=O) groups excluding carboxylic acids is 2. The highest BCUT2D eigenvalue weighted by molar-refractivity contribution is 7.16. The molecule has 4 aromatic heterocycles. The summed E-state index contributed by atoms with van der Waals surface area (Å²) in [4.78, 5) is 35.4. The van der Waals surface area contributed by atoms with Gasteiger partial charge < -0.3 is 20.6 Å². The van der Waals surface area contributed by atoms with Crippen LogP contribution in [0.1, 0.15) is 20.9 Å². The Hall–Kier alpha value is -3.88. The van der Waals surface area contributed by atoms with Crippen LogP contribution in [0.2, 0.25) is 0 Å². The van der Waals surface area contributed by atoms with E-state index < -0.39 is 0 Å². The number of hydrogen-bond donors (Lipinski definition) is 4. The molecule has 0 bridgehead atoms. The fourth-order valence-electron chi connectivity index (χ4n) is 5.03. The molecule has 0 radical (unpaired) electrons. The molecule has 2 aliphatic rings. The number of benzene rings is 1. The van der Waals surface area contributed by atoms with Crippen molar-refractivity contribution in [2.45, 2.75) is 13.8 Å². The molecular weight excluding hydrogens is 464 g/mol. The highest BCUT2D eigenvalue weighted by Gasteiger charge is 2.41. The second-order valence-corrected chi connectivity index (χ2v) is 10.6. The van der Waals surface area contributed by atoms with Gasteiger partial charge in [-0.3, -0.25) is 9.59 Å². The minimum atomic E-state index is -0.242. The molecule has 5 aromatic rings. The van der Waals surface area contributed by atoms with Gasteiger partial charge in [-0.1, -0.05) is 6.07 Å². The maximum atomic E-state index is 12.8. The van der Waals surface area contributed by atoms with E-state index >= 15 is 0 Å². The van der Waals surface area contributed by atoms with Crippen molar-refractivity contribution in [2.75, 3.05) is 0 Å². The van der Waals surface area contributed by atoms with Crippen molar-refractivity contribution >= 4 is 67.7 Å². The lowest BCUT2D eigenvalue weighted by Gasteiger charge is -2.04. The van der Waals surface area contributed by atoms with E-state index in [4.69, 9.17) is 0 Å². The Labute approximate surface area is 202 Å². The normalized spacial score (nSPS) is 15.7. The number of carbonyl (C=O) groups is 2. The molecule has 166 valence electrons. The number of H-pyrrole nitrogens is 2. The van der Waals surface area contributed by atoms with Gasteiger partial charge in [0.1, 0.15) is 0 Å². The van der Waals surface area contributed by atoms with Crippen LogP contribution in [0, 0.1) is 13.8 Å². The summed E-state index contributed by atoms with van der Waals surface area (Å²) < 4.78 is 0. The van der Waals surface area contributed by atoms with Crippen LogP contribution in [0.5, 0.6) is 0 Å². The smallest absolute Gasteiger partial charge is 0.258 e. The summed E-state index contributed by atoms with van der Waals surface area (Å²) in [5.74, 6) is -0.484. The van der Waals surface area contributed by atoms with Gasteiger partial charge in [0.25, 0.3) is 11.8 Å². The first-order chi connectivity index (χ1) is 16.5. The molecule has 8 heteroatoms. The highest BCUT2D eigenvalue weighted by Crippen LogP contribution is 2.42. The van der Waals surface area contributed by atoms with E-state index in [9.17, 15) is 9.59 Å². The van der Waals surface area contributed by atoms with Crippen LogP contribution in [-0.2, 0) is 9.59 Å². The number of thiophene rings is 2. The van der Waals surface area contributed by atoms with Gasteiger partial charge in [-0.25, -0.2) is 0 Å². The van der Waals surface area contributed by atoms with Gasteiger partial charge in [0.15, 0.2) is 0 Å². The van der Waals surface area contributed by atoms with Crippen molar-refractivity contribution in [3.8, 4) is 10.6 Å². The van der Waals surface area contributed by atoms with Crippen molar-refractivity contribution in [3.63, 3.8) is 0 Å². The summed E-state index contributed by atoms with van der Waals surface area (Å²) in [7, 11) is 0. The molecule has 0 atom stereocenters. The summed E-state index contributed by atoms with van der Waals surface area (Å²) in [6.07, 6.45) is 1.98. The zero-order chi connectivity index (χ0) is 23.1. The standard InChI is InChI=1S/C26H18N4O2S2/c1-11-13-7-8-27-21(13)12(2)14-10-15(28-22(11)14)16-5-6-18(34-16)24-20-19(25(31)30-24)23(29-26(20)32)17-4-3-9-33-17/h3-10,27-28H,1-2H3,(H,29,32)(H,30,31). The summed E-state index contributed by atoms with van der Waals surface area (Å²) in [6, 6.07) is 12.1. The van der Waals surface area contributed by atoms with Crippen LogP contribution in [0.15, 0.2) is 59.1 Å². The molecule has 34 heavy (non-hydrogen) atoms. The molecule has 6 nitrogen and oxygen atoms in total. The minimum Gasteiger partial charge on any atom is -0.361 e. The van der Waals surface area contributed by atoms with Gasteiger partial charge in [-0.05, 0) is 60.7 Å². The number of aryl methyl sites for hydroxylation is 2. The van der Waals surface area contributed by atoms with Gasteiger partial charge in [0.05, 0.1) is 42.9 Å². The second-order valence-electron chi connectivity index (χ2n) is 8.54. The molecule has 0 spiro atoms. The number of aromatic nitrogens is 2. The van der Waals surface area contributed by atoms with Gasteiger partial charge in [0.2, 0.25) is 0 Å². The number of aromatic amines is 2. The number of rotatable bonds is 3. The molecule has 4 N–H and O–H groups in total. The van der Waals surface area contributed by atoms with Crippen LogP contribution >= 0.6 is 22.7 Å². The second kappa shape index (κ2) is 6.82. The number of hydrogen-bond acceptors (Lipinski definition) is 4. The first kappa shape index (κ1) is 19.6. The molecule has 1 aromatic carbocycles. The van der Waals surface area contributed by atoms with Crippen molar-refractivity contribution < 1.29 is 9.59 Å². The van der Waals surface area contributed by atoms with E-state index in [1.807, 2.05) is 35.8 Å². The van der Waals surface area contributed by atoms with E-state index in [0.29, 0.717) is 22.5 Å². The van der Waals surface area contributed by atoms with E-state index in [1.165, 1.54) is 33.2 Å². The van der Waals surface area contributed by atoms with Crippen LogP contribution in [-0.4, -0.2) is 21.8 Å². The van der Waals surface area contributed by atoms with Crippen molar-refractivity contribution in [1.29, 1.82) is 0 Å². The van der Waals surface area contributed by atoms with Crippen molar-refractivity contribution in [1.82, 2.24) is 20.6 Å². The van der Waals surface area contributed by atoms with E-state index in [1.54, 1.807) is 11.3 Å². The summed E-state index contributed by atoms with van der Waals surface area (Å²) in [5.41, 5.74) is 7.78. The zero-order valence-electron chi connectivity index (χ0n) is 18.3. The summed E-state index contributed by atoms with van der Waals surface area (Å²) >= 11 is 3.05. The first-order valence-corrected chi connectivity index (χ1v) is 12.6. The van der Waals surface area contributed by atoms with Gasteiger partial charge in [-0.15, -0.1) is 22.7 Å². The number of amides is 2. The van der Waals surface area contributed by atoms with Crippen LogP contribution in [0.25, 0.3) is 43.8 Å². The quantitative estimate of drug-likeness (QED) is 0.276. The average Bonchev–Trinajstić information content (AvgIpc) is 3.65. The van der Waals surface area contributed by atoms with E-state index in [2.05, 4.69) is 46.6 Å². The van der Waals surface area contributed by atoms with Gasteiger partial charge in [0, 0.05) is 28.0 Å². The molecule has 0 saturated heterocycles. The number of nitrogens with one attached hydrogen (secondary N) is 4. The van der Waals surface area contributed by atoms with Crippen molar-refractivity contribution in [2.24, 2.45) is 0 Å². The van der Waals surface area contributed by atoms with Crippen LogP contribution in [0.4, 0.5) is 0 Å². The van der Waals surface area contributed by atoms with Gasteiger partial charge >= 0.3 is 0 Å². The van der Waals surface area contributed by atoms with Crippen LogP contribution in [0.3, 0.4) is 0 Å². The van der Waals surface area contributed by atoms with Crippen LogP contribution < -0.4 is 10.6 Å². The maximum absolute atomic E-state index is 12.8. The lowest BCUT2D eigenvalue weighted by atomic mass is 10.0. The topological polar surface area (TPSA) is 89.8 Å². The molecule has 6 heterocycles. The Morgan fingerprint density at radius 2 is 1.47 bits per heavy atom. The predicted molar refractivity (Wildman–Crippen MR) is 137 cm³/mol. The number of fused-ring (bicyclic) bond motifs is 3.